The Balaban J connectivity index is 2.19. The van der Waals surface area contributed by atoms with Gasteiger partial charge in [-0.3, -0.25) is 0 Å². The van der Waals surface area contributed by atoms with E-state index in [9.17, 15) is 0 Å². The Morgan fingerprint density at radius 2 is 1.90 bits per heavy atom. The van der Waals surface area contributed by atoms with Gasteiger partial charge in [0, 0.05) is 30.8 Å². The third-order valence-electron chi connectivity index (χ3n) is 3.46. The van der Waals surface area contributed by atoms with Gasteiger partial charge < -0.3 is 10.6 Å². The number of hydrogen-bond acceptors (Lipinski definition) is 2. The summed E-state index contributed by atoms with van der Waals surface area (Å²) in [6.07, 6.45) is 0.746. The molecule has 2 nitrogen and oxygen atoms in total. The van der Waals surface area contributed by atoms with Crippen LogP contribution in [-0.2, 0) is 6.42 Å². The molecule has 0 bridgehead atoms. The van der Waals surface area contributed by atoms with Crippen LogP contribution in [-0.4, -0.2) is 14.1 Å². The summed E-state index contributed by atoms with van der Waals surface area (Å²) in [5.41, 5.74) is 10.9. The van der Waals surface area contributed by atoms with E-state index in [1.807, 2.05) is 33.2 Å². The quantitative estimate of drug-likeness (QED) is 0.923. The van der Waals surface area contributed by atoms with Crippen LogP contribution >= 0.6 is 11.6 Å². The van der Waals surface area contributed by atoms with Crippen molar-refractivity contribution in [2.75, 3.05) is 19.0 Å². The number of halogens is 1. The van der Waals surface area contributed by atoms with Crippen molar-refractivity contribution >= 4 is 17.3 Å². The van der Waals surface area contributed by atoms with Crippen molar-refractivity contribution in [3.05, 3.63) is 64.2 Å². The number of nitrogens with two attached hydrogens (primary N) is 1. The summed E-state index contributed by atoms with van der Waals surface area (Å²) < 4.78 is 0. The second-order valence-corrected chi connectivity index (χ2v) is 5.80. The lowest BCUT2D eigenvalue weighted by molar-refractivity contribution is 0.721. The van der Waals surface area contributed by atoms with Gasteiger partial charge in [-0.15, -0.1) is 0 Å². The zero-order chi connectivity index (χ0) is 14.7. The summed E-state index contributed by atoms with van der Waals surface area (Å²) in [6.45, 7) is 2.04. The topological polar surface area (TPSA) is 29.3 Å². The van der Waals surface area contributed by atoms with E-state index in [0.29, 0.717) is 0 Å². The van der Waals surface area contributed by atoms with Gasteiger partial charge in [-0.05, 0) is 48.2 Å². The molecule has 0 saturated heterocycles. The number of anilines is 1. The Bertz CT molecular complexity index is 593. The van der Waals surface area contributed by atoms with Crippen molar-refractivity contribution in [3.63, 3.8) is 0 Å². The first-order valence-electron chi connectivity index (χ1n) is 6.75. The molecule has 0 aliphatic carbocycles. The molecular weight excluding hydrogens is 268 g/mol. The van der Waals surface area contributed by atoms with Crippen LogP contribution in [0.1, 0.15) is 22.7 Å². The van der Waals surface area contributed by atoms with E-state index in [2.05, 4.69) is 35.2 Å². The highest BCUT2D eigenvalue weighted by atomic mass is 35.5. The van der Waals surface area contributed by atoms with E-state index in [1.54, 1.807) is 0 Å². The molecule has 2 aromatic rings. The van der Waals surface area contributed by atoms with Crippen LogP contribution in [0.25, 0.3) is 0 Å². The summed E-state index contributed by atoms with van der Waals surface area (Å²) in [5.74, 6) is 0. The van der Waals surface area contributed by atoms with E-state index in [1.165, 1.54) is 5.56 Å². The van der Waals surface area contributed by atoms with Crippen LogP contribution < -0.4 is 10.6 Å². The molecule has 3 heteroatoms. The molecule has 2 aromatic carbocycles. The van der Waals surface area contributed by atoms with Crippen LogP contribution in [0.3, 0.4) is 0 Å². The van der Waals surface area contributed by atoms with Gasteiger partial charge in [0.2, 0.25) is 0 Å². The third-order valence-corrected chi connectivity index (χ3v) is 3.82. The minimum absolute atomic E-state index is 0.0462. The lowest BCUT2D eigenvalue weighted by atomic mass is 9.98. The van der Waals surface area contributed by atoms with Crippen LogP contribution in [0, 0.1) is 6.92 Å². The lowest BCUT2D eigenvalue weighted by Gasteiger charge is -2.17. The molecule has 0 spiro atoms. The van der Waals surface area contributed by atoms with Gasteiger partial charge in [0.05, 0.1) is 0 Å². The monoisotopic (exact) mass is 288 g/mol. The molecule has 0 aliphatic rings. The van der Waals surface area contributed by atoms with Gasteiger partial charge in [0.1, 0.15) is 0 Å². The van der Waals surface area contributed by atoms with Gasteiger partial charge in [-0.2, -0.15) is 0 Å². The third kappa shape index (κ3) is 3.53. The molecule has 0 radical (unpaired) electrons. The van der Waals surface area contributed by atoms with Gasteiger partial charge >= 0.3 is 0 Å². The summed E-state index contributed by atoms with van der Waals surface area (Å²) >= 11 is 6.28. The molecule has 0 heterocycles. The molecule has 20 heavy (non-hydrogen) atoms. The van der Waals surface area contributed by atoms with E-state index >= 15 is 0 Å². The minimum Gasteiger partial charge on any atom is -0.378 e. The fraction of sp³-hybridized carbons (Fsp3) is 0.294. The van der Waals surface area contributed by atoms with Crippen LogP contribution in [0.5, 0.6) is 0 Å². The highest BCUT2D eigenvalue weighted by Crippen LogP contribution is 2.25. The molecule has 0 saturated carbocycles. The van der Waals surface area contributed by atoms with Crippen molar-refractivity contribution in [2.24, 2.45) is 5.73 Å². The molecule has 0 aliphatic heterocycles. The summed E-state index contributed by atoms with van der Waals surface area (Å²) in [6, 6.07) is 14.4. The number of rotatable bonds is 4. The fourth-order valence-corrected chi connectivity index (χ4v) is 2.52. The maximum absolute atomic E-state index is 6.33. The second-order valence-electron chi connectivity index (χ2n) is 5.39. The lowest BCUT2D eigenvalue weighted by Crippen LogP contribution is -2.15. The fourth-order valence-electron chi connectivity index (χ4n) is 2.21. The first kappa shape index (κ1) is 14.9. The van der Waals surface area contributed by atoms with Gasteiger partial charge in [0.15, 0.2) is 0 Å². The number of aryl methyl sites for hydroxylation is 1. The maximum Gasteiger partial charge on any atom is 0.0441 e. The molecule has 0 aromatic heterocycles. The van der Waals surface area contributed by atoms with Crippen molar-refractivity contribution in [1.82, 2.24) is 0 Å². The molecule has 106 valence electrons. The Hall–Kier alpha value is -1.51. The molecule has 1 unspecified atom stereocenters. The molecular formula is C17H21ClN2. The standard InChI is InChI=1S/C17H21ClN2/c1-12-7-8-13(16(18)9-12)11-17(19)14-5-4-6-15(10-14)20(2)3/h4-10,17H,11,19H2,1-3H3. The molecule has 0 amide bonds. The SMILES string of the molecule is Cc1ccc(CC(N)c2cccc(N(C)C)c2)c(Cl)c1. The van der Waals surface area contributed by atoms with Crippen molar-refractivity contribution in [1.29, 1.82) is 0 Å². The predicted octanol–water partition coefficient (Wildman–Crippen LogP) is 3.96. The van der Waals surface area contributed by atoms with E-state index < -0.39 is 0 Å². The first-order chi connectivity index (χ1) is 9.47. The van der Waals surface area contributed by atoms with E-state index in [4.69, 9.17) is 17.3 Å². The number of hydrogen-bond donors (Lipinski definition) is 1. The summed E-state index contributed by atoms with van der Waals surface area (Å²) in [4.78, 5) is 2.08. The molecule has 2 rings (SSSR count). The Morgan fingerprint density at radius 3 is 2.55 bits per heavy atom. The average molecular weight is 289 g/mol. The minimum atomic E-state index is -0.0462. The van der Waals surface area contributed by atoms with Crippen molar-refractivity contribution in [3.8, 4) is 0 Å². The highest BCUT2D eigenvalue weighted by molar-refractivity contribution is 6.31. The van der Waals surface area contributed by atoms with Gasteiger partial charge in [0.25, 0.3) is 0 Å². The second kappa shape index (κ2) is 6.29. The smallest absolute Gasteiger partial charge is 0.0441 e. The molecule has 0 fully saturated rings. The summed E-state index contributed by atoms with van der Waals surface area (Å²) in [7, 11) is 4.06. The van der Waals surface area contributed by atoms with Crippen LogP contribution in [0.15, 0.2) is 42.5 Å². The Labute approximate surface area is 126 Å². The molecule has 2 N–H and O–H groups in total. The highest BCUT2D eigenvalue weighted by Gasteiger charge is 2.10. The van der Waals surface area contributed by atoms with E-state index in [-0.39, 0.29) is 6.04 Å². The Morgan fingerprint density at radius 1 is 1.15 bits per heavy atom. The normalized spacial score (nSPS) is 12.2. The van der Waals surface area contributed by atoms with Crippen LogP contribution in [0.2, 0.25) is 5.02 Å². The summed E-state index contributed by atoms with van der Waals surface area (Å²) in [5, 5.41) is 0.796. The maximum atomic E-state index is 6.33. The largest absolute Gasteiger partial charge is 0.378 e. The average Bonchev–Trinajstić information content (AvgIpc) is 2.42. The molecule has 1 atom stereocenters. The predicted molar refractivity (Wildman–Crippen MR) is 87.6 cm³/mol. The number of nitrogens with zero attached hydrogens (tertiary/aromatic N) is 1. The van der Waals surface area contributed by atoms with E-state index in [0.717, 1.165) is 28.3 Å². The Kier molecular flexibility index (Phi) is 4.69. The van der Waals surface area contributed by atoms with Gasteiger partial charge in [-0.1, -0.05) is 35.9 Å². The van der Waals surface area contributed by atoms with Gasteiger partial charge in [-0.25, -0.2) is 0 Å². The van der Waals surface area contributed by atoms with Crippen molar-refractivity contribution in [2.45, 2.75) is 19.4 Å². The van der Waals surface area contributed by atoms with Crippen LogP contribution in [0.4, 0.5) is 5.69 Å². The number of benzene rings is 2. The zero-order valence-electron chi connectivity index (χ0n) is 12.2. The first-order valence-corrected chi connectivity index (χ1v) is 7.13. The zero-order valence-corrected chi connectivity index (χ0v) is 13.0. The van der Waals surface area contributed by atoms with Crippen molar-refractivity contribution < 1.29 is 0 Å².